The molecule has 4 N–H and O–H groups in total. The van der Waals surface area contributed by atoms with Crippen molar-refractivity contribution in [2.75, 3.05) is 0 Å². The fraction of sp³-hybridized carbons (Fsp3) is 0.500. The molecule has 0 radical (unpaired) electrons. The van der Waals surface area contributed by atoms with Crippen LogP contribution in [0, 0.1) is 5.82 Å². The Kier molecular flexibility index (Phi) is 6.12. The third-order valence-corrected chi connectivity index (χ3v) is 4.44. The zero-order valence-electron chi connectivity index (χ0n) is 14.3. The maximum absolute atomic E-state index is 13.2. The van der Waals surface area contributed by atoms with E-state index >= 15 is 0 Å². The quantitative estimate of drug-likeness (QED) is 0.689. The second kappa shape index (κ2) is 8.09. The summed E-state index contributed by atoms with van der Waals surface area (Å²) < 4.78 is 13.2. The van der Waals surface area contributed by atoms with Gasteiger partial charge in [0.25, 0.3) is 0 Å². The van der Waals surface area contributed by atoms with Crippen LogP contribution in [0.1, 0.15) is 44.6 Å². The molecule has 6 nitrogen and oxygen atoms in total. The SMILES string of the molecule is CC1(NC(=O)[C@H](CC(N)=O)NC(=O)Cc2cccc(F)c2)CCCC1. The van der Waals surface area contributed by atoms with E-state index in [0.29, 0.717) is 5.56 Å². The van der Waals surface area contributed by atoms with Crippen LogP contribution < -0.4 is 16.4 Å². The molecule has 0 bridgehead atoms. The van der Waals surface area contributed by atoms with Gasteiger partial charge in [-0.1, -0.05) is 25.0 Å². The number of nitrogens with one attached hydrogen (secondary N) is 2. The molecule has 1 fully saturated rings. The smallest absolute Gasteiger partial charge is 0.243 e. The molecule has 1 atom stereocenters. The van der Waals surface area contributed by atoms with Crippen molar-refractivity contribution in [3.63, 3.8) is 0 Å². The number of rotatable bonds is 7. The van der Waals surface area contributed by atoms with Crippen LogP contribution in [0.3, 0.4) is 0 Å². The minimum atomic E-state index is -1.03. The molecule has 3 amide bonds. The van der Waals surface area contributed by atoms with E-state index in [1.54, 1.807) is 6.07 Å². The standard InChI is InChI=1S/C18H24FN3O3/c1-18(7-2-3-8-18)22-17(25)14(11-15(20)23)21-16(24)10-12-5-4-6-13(19)9-12/h4-6,9,14H,2-3,7-8,10-11H2,1H3,(H2,20,23)(H,21,24)(H,22,25)/t14-/m0/s1. The Morgan fingerprint density at radius 3 is 2.56 bits per heavy atom. The predicted octanol–water partition coefficient (Wildman–Crippen LogP) is 1.18. The van der Waals surface area contributed by atoms with Crippen LogP contribution in [0.5, 0.6) is 0 Å². The molecule has 1 aromatic carbocycles. The zero-order chi connectivity index (χ0) is 18.4. The minimum absolute atomic E-state index is 0.0857. The molecular weight excluding hydrogens is 325 g/mol. The number of primary amides is 1. The lowest BCUT2D eigenvalue weighted by Crippen LogP contribution is -2.54. The van der Waals surface area contributed by atoms with Crippen molar-refractivity contribution >= 4 is 17.7 Å². The van der Waals surface area contributed by atoms with Gasteiger partial charge in [0.05, 0.1) is 12.8 Å². The average Bonchev–Trinajstić information content (AvgIpc) is 2.92. The van der Waals surface area contributed by atoms with Gasteiger partial charge in [-0.15, -0.1) is 0 Å². The van der Waals surface area contributed by atoms with E-state index in [-0.39, 0.29) is 18.4 Å². The molecule has 0 spiro atoms. The van der Waals surface area contributed by atoms with Crippen LogP contribution in [0.2, 0.25) is 0 Å². The lowest BCUT2D eigenvalue weighted by molar-refractivity contribution is -0.132. The van der Waals surface area contributed by atoms with Gasteiger partial charge in [-0.05, 0) is 37.5 Å². The van der Waals surface area contributed by atoms with Gasteiger partial charge in [0.15, 0.2) is 0 Å². The highest BCUT2D eigenvalue weighted by atomic mass is 19.1. The lowest BCUT2D eigenvalue weighted by atomic mass is 9.99. The molecule has 1 aromatic rings. The molecule has 1 saturated carbocycles. The van der Waals surface area contributed by atoms with Crippen LogP contribution in [-0.2, 0) is 20.8 Å². The van der Waals surface area contributed by atoms with E-state index in [4.69, 9.17) is 5.73 Å². The summed E-state index contributed by atoms with van der Waals surface area (Å²) in [6, 6.07) is 4.63. The van der Waals surface area contributed by atoms with Gasteiger partial charge in [-0.25, -0.2) is 4.39 Å². The van der Waals surface area contributed by atoms with Gasteiger partial charge in [-0.3, -0.25) is 14.4 Å². The van der Waals surface area contributed by atoms with Gasteiger partial charge >= 0.3 is 0 Å². The van der Waals surface area contributed by atoms with E-state index < -0.39 is 29.6 Å². The minimum Gasteiger partial charge on any atom is -0.370 e. The van der Waals surface area contributed by atoms with Crippen LogP contribution in [-0.4, -0.2) is 29.3 Å². The Morgan fingerprint density at radius 1 is 1.28 bits per heavy atom. The maximum atomic E-state index is 13.2. The first-order valence-corrected chi connectivity index (χ1v) is 8.41. The molecular formula is C18H24FN3O3. The molecule has 0 aromatic heterocycles. The van der Waals surface area contributed by atoms with Gasteiger partial charge in [0, 0.05) is 5.54 Å². The highest BCUT2D eigenvalue weighted by molar-refractivity contribution is 5.92. The van der Waals surface area contributed by atoms with Crippen molar-refractivity contribution < 1.29 is 18.8 Å². The Hall–Kier alpha value is -2.44. The highest BCUT2D eigenvalue weighted by Gasteiger charge is 2.33. The lowest BCUT2D eigenvalue weighted by Gasteiger charge is -2.28. The van der Waals surface area contributed by atoms with Crippen molar-refractivity contribution in [1.29, 1.82) is 0 Å². The summed E-state index contributed by atoms with van der Waals surface area (Å²) in [5, 5.41) is 5.45. The normalized spacial score (nSPS) is 16.9. The number of nitrogens with two attached hydrogens (primary N) is 1. The molecule has 0 heterocycles. The second-order valence-corrected chi connectivity index (χ2v) is 6.85. The third-order valence-electron chi connectivity index (χ3n) is 4.44. The molecule has 0 unspecified atom stereocenters. The van der Waals surface area contributed by atoms with E-state index in [1.165, 1.54) is 18.2 Å². The number of amides is 3. The van der Waals surface area contributed by atoms with E-state index in [2.05, 4.69) is 10.6 Å². The fourth-order valence-electron chi connectivity index (χ4n) is 3.15. The van der Waals surface area contributed by atoms with Crippen LogP contribution in [0.15, 0.2) is 24.3 Å². The molecule has 0 aliphatic heterocycles. The third kappa shape index (κ3) is 5.85. The number of carbonyl (C=O) groups is 3. The van der Waals surface area contributed by atoms with Crippen molar-refractivity contribution in [2.45, 2.75) is 57.0 Å². The number of hydrogen-bond donors (Lipinski definition) is 3. The molecule has 7 heteroatoms. The largest absolute Gasteiger partial charge is 0.370 e. The topological polar surface area (TPSA) is 101 Å². The average molecular weight is 349 g/mol. The van der Waals surface area contributed by atoms with E-state index in [9.17, 15) is 18.8 Å². The van der Waals surface area contributed by atoms with Gasteiger partial charge in [0.2, 0.25) is 17.7 Å². The molecule has 2 rings (SSSR count). The van der Waals surface area contributed by atoms with Crippen molar-refractivity contribution in [3.8, 4) is 0 Å². The number of halogens is 1. The highest BCUT2D eigenvalue weighted by Crippen LogP contribution is 2.28. The molecule has 1 aliphatic carbocycles. The molecule has 25 heavy (non-hydrogen) atoms. The first-order valence-electron chi connectivity index (χ1n) is 8.41. The van der Waals surface area contributed by atoms with Crippen molar-refractivity contribution in [1.82, 2.24) is 10.6 Å². The van der Waals surface area contributed by atoms with Crippen molar-refractivity contribution in [2.24, 2.45) is 5.73 Å². The Labute approximate surface area is 146 Å². The van der Waals surface area contributed by atoms with Gasteiger partial charge in [0.1, 0.15) is 11.9 Å². The van der Waals surface area contributed by atoms with Gasteiger partial charge < -0.3 is 16.4 Å². The number of benzene rings is 1. The summed E-state index contributed by atoms with van der Waals surface area (Å²) in [5.41, 5.74) is 5.37. The number of carbonyl (C=O) groups excluding carboxylic acids is 3. The summed E-state index contributed by atoms with van der Waals surface area (Å²) in [7, 11) is 0. The first kappa shape index (κ1) is 18.9. The summed E-state index contributed by atoms with van der Waals surface area (Å²) in [6.45, 7) is 1.95. The second-order valence-electron chi connectivity index (χ2n) is 6.85. The zero-order valence-corrected chi connectivity index (χ0v) is 14.3. The fourth-order valence-corrected chi connectivity index (χ4v) is 3.15. The Balaban J connectivity index is 1.99. The summed E-state index contributed by atoms with van der Waals surface area (Å²) in [4.78, 5) is 35.9. The van der Waals surface area contributed by atoms with Crippen molar-refractivity contribution in [3.05, 3.63) is 35.6 Å². The Bertz CT molecular complexity index is 657. The monoisotopic (exact) mass is 349 g/mol. The summed E-state index contributed by atoms with van der Waals surface area (Å²) in [5.74, 6) is -2.01. The molecule has 136 valence electrons. The van der Waals surface area contributed by atoms with Crippen LogP contribution in [0.25, 0.3) is 0 Å². The van der Waals surface area contributed by atoms with Crippen LogP contribution >= 0.6 is 0 Å². The van der Waals surface area contributed by atoms with E-state index in [0.717, 1.165) is 25.7 Å². The molecule has 1 aliphatic rings. The van der Waals surface area contributed by atoms with E-state index in [1.807, 2.05) is 6.92 Å². The molecule has 0 saturated heterocycles. The first-order chi connectivity index (χ1) is 11.8. The van der Waals surface area contributed by atoms with Crippen LogP contribution in [0.4, 0.5) is 4.39 Å². The Morgan fingerprint density at radius 2 is 1.96 bits per heavy atom. The summed E-state index contributed by atoms with van der Waals surface area (Å²) >= 11 is 0. The maximum Gasteiger partial charge on any atom is 0.243 e. The predicted molar refractivity (Wildman–Crippen MR) is 90.9 cm³/mol. The van der Waals surface area contributed by atoms with Gasteiger partial charge in [-0.2, -0.15) is 0 Å². The number of hydrogen-bond acceptors (Lipinski definition) is 3. The summed E-state index contributed by atoms with van der Waals surface area (Å²) in [6.07, 6.45) is 3.42.